The van der Waals surface area contributed by atoms with Crippen LogP contribution in [0.25, 0.3) is 0 Å². The molecule has 0 aromatic heterocycles. The van der Waals surface area contributed by atoms with Gasteiger partial charge >= 0.3 is 0 Å². The van der Waals surface area contributed by atoms with Crippen molar-refractivity contribution >= 4 is 16.2 Å². The number of hydrazone groups is 1. The second kappa shape index (κ2) is 9.41. The minimum atomic E-state index is -3.73. The van der Waals surface area contributed by atoms with Gasteiger partial charge in [0.05, 0.1) is 23.8 Å². The van der Waals surface area contributed by atoms with Crippen LogP contribution >= 0.6 is 0 Å². The lowest BCUT2D eigenvalue weighted by Gasteiger charge is -2.10. The predicted octanol–water partition coefficient (Wildman–Crippen LogP) is 3.82. The topological polar surface area (TPSA) is 77.0 Å². The first-order valence-corrected chi connectivity index (χ1v) is 10.3. The van der Waals surface area contributed by atoms with Gasteiger partial charge in [-0.1, -0.05) is 13.8 Å². The summed E-state index contributed by atoms with van der Waals surface area (Å²) in [6.07, 6.45) is 1.47. The smallest absolute Gasteiger partial charge is 0.276 e. The van der Waals surface area contributed by atoms with Gasteiger partial charge in [0.15, 0.2) is 0 Å². The van der Waals surface area contributed by atoms with Crippen LogP contribution in [-0.2, 0) is 10.0 Å². The molecule has 0 bridgehead atoms. The monoisotopic (exact) mass is 390 g/mol. The van der Waals surface area contributed by atoms with Crippen LogP contribution in [0.5, 0.6) is 11.5 Å². The number of benzene rings is 2. The Morgan fingerprint density at radius 2 is 1.56 bits per heavy atom. The minimum absolute atomic E-state index is 0.0253. The molecule has 0 fully saturated rings. The summed E-state index contributed by atoms with van der Waals surface area (Å²) >= 11 is 0. The van der Waals surface area contributed by atoms with E-state index in [0.717, 1.165) is 11.3 Å². The van der Waals surface area contributed by atoms with Gasteiger partial charge in [0.2, 0.25) is 0 Å². The lowest BCUT2D eigenvalue weighted by Crippen LogP contribution is -2.18. The number of hydrogen-bond donors (Lipinski definition) is 1. The van der Waals surface area contributed by atoms with E-state index < -0.39 is 10.0 Å². The molecule has 0 heterocycles. The summed E-state index contributed by atoms with van der Waals surface area (Å²) in [6, 6.07) is 13.5. The molecule has 0 amide bonds. The van der Waals surface area contributed by atoms with Crippen LogP contribution in [0, 0.1) is 5.92 Å². The Balaban J connectivity index is 1.95. The zero-order chi connectivity index (χ0) is 19.9. The molecule has 146 valence electrons. The van der Waals surface area contributed by atoms with Crippen LogP contribution in [0.3, 0.4) is 0 Å². The van der Waals surface area contributed by atoms with Gasteiger partial charge in [-0.2, -0.15) is 13.5 Å². The van der Waals surface area contributed by atoms with Gasteiger partial charge in [-0.3, -0.25) is 0 Å². The number of nitrogens with zero attached hydrogens (tertiary/aromatic N) is 1. The average Bonchev–Trinajstić information content (AvgIpc) is 2.61. The maximum Gasteiger partial charge on any atom is 0.276 e. The lowest BCUT2D eigenvalue weighted by atomic mass is 10.2. The molecule has 27 heavy (non-hydrogen) atoms. The fraction of sp³-hybridized carbons (Fsp3) is 0.350. The van der Waals surface area contributed by atoms with Crippen LogP contribution < -0.4 is 14.3 Å². The van der Waals surface area contributed by atoms with E-state index in [4.69, 9.17) is 9.47 Å². The first-order chi connectivity index (χ1) is 12.8. The Hall–Kier alpha value is -2.54. The third kappa shape index (κ3) is 6.94. The molecule has 6 nitrogen and oxygen atoms in total. The van der Waals surface area contributed by atoms with E-state index in [1.807, 2.05) is 38.1 Å². The molecule has 0 aliphatic rings. The van der Waals surface area contributed by atoms with Crippen molar-refractivity contribution in [3.63, 3.8) is 0 Å². The third-order valence-electron chi connectivity index (χ3n) is 3.36. The van der Waals surface area contributed by atoms with Crippen LogP contribution in [0.4, 0.5) is 0 Å². The molecule has 0 atom stereocenters. The summed E-state index contributed by atoms with van der Waals surface area (Å²) in [5, 5.41) is 3.83. The third-order valence-corrected chi connectivity index (χ3v) is 4.59. The second-order valence-electron chi connectivity index (χ2n) is 6.76. The Kier molecular flexibility index (Phi) is 7.24. The zero-order valence-electron chi connectivity index (χ0n) is 16.0. The Labute approximate surface area is 161 Å². The first-order valence-electron chi connectivity index (χ1n) is 8.81. The SMILES string of the molecule is CC(C)COc1ccc(/C=N/NS(=O)(=O)c2ccc(OC(C)C)cc2)cc1. The van der Waals surface area contributed by atoms with E-state index in [9.17, 15) is 8.42 Å². The molecular weight excluding hydrogens is 364 g/mol. The summed E-state index contributed by atoms with van der Waals surface area (Å²) in [5.74, 6) is 1.84. The van der Waals surface area contributed by atoms with Crippen molar-refractivity contribution < 1.29 is 17.9 Å². The predicted molar refractivity (Wildman–Crippen MR) is 107 cm³/mol. The minimum Gasteiger partial charge on any atom is -0.493 e. The fourth-order valence-electron chi connectivity index (χ4n) is 2.11. The molecule has 2 aromatic rings. The molecule has 2 rings (SSSR count). The highest BCUT2D eigenvalue weighted by Crippen LogP contribution is 2.17. The molecule has 0 aliphatic carbocycles. The molecule has 1 N–H and O–H groups in total. The van der Waals surface area contributed by atoms with Gasteiger partial charge in [-0.15, -0.1) is 0 Å². The second-order valence-corrected chi connectivity index (χ2v) is 8.43. The van der Waals surface area contributed by atoms with Crippen LogP contribution in [0.2, 0.25) is 0 Å². The molecule has 0 radical (unpaired) electrons. The van der Waals surface area contributed by atoms with Gasteiger partial charge in [0.1, 0.15) is 11.5 Å². The van der Waals surface area contributed by atoms with Crippen molar-refractivity contribution in [3.05, 3.63) is 54.1 Å². The van der Waals surface area contributed by atoms with Crippen molar-refractivity contribution in [1.29, 1.82) is 0 Å². The lowest BCUT2D eigenvalue weighted by molar-refractivity contribution is 0.242. The largest absolute Gasteiger partial charge is 0.493 e. The van der Waals surface area contributed by atoms with Gasteiger partial charge in [-0.05, 0) is 73.9 Å². The standard InChI is InChI=1S/C20H26N2O4S/c1-15(2)14-25-18-7-5-17(6-8-18)13-21-22-27(23,24)20-11-9-19(10-12-20)26-16(3)4/h5-13,15-16,22H,14H2,1-4H3/b21-13+. The summed E-state index contributed by atoms with van der Waals surface area (Å²) in [7, 11) is -3.73. The number of hydrogen-bond acceptors (Lipinski definition) is 5. The van der Waals surface area contributed by atoms with E-state index >= 15 is 0 Å². The van der Waals surface area contributed by atoms with E-state index in [1.54, 1.807) is 12.1 Å². The van der Waals surface area contributed by atoms with E-state index in [0.29, 0.717) is 18.3 Å². The maximum absolute atomic E-state index is 12.3. The van der Waals surface area contributed by atoms with Crippen LogP contribution in [0.15, 0.2) is 58.5 Å². The number of sulfonamides is 1. The summed E-state index contributed by atoms with van der Waals surface area (Å²) in [5.41, 5.74) is 0.760. The van der Waals surface area contributed by atoms with E-state index in [-0.39, 0.29) is 11.0 Å². The first kappa shape index (κ1) is 20.8. The highest BCUT2D eigenvalue weighted by Gasteiger charge is 2.12. The van der Waals surface area contributed by atoms with Crippen LogP contribution in [-0.4, -0.2) is 27.3 Å². The molecular formula is C20H26N2O4S. The molecule has 0 saturated heterocycles. The van der Waals surface area contributed by atoms with Gasteiger partial charge < -0.3 is 9.47 Å². The normalized spacial score (nSPS) is 11.9. The fourth-order valence-corrected chi connectivity index (χ4v) is 2.90. The Morgan fingerprint density at radius 1 is 0.963 bits per heavy atom. The highest BCUT2D eigenvalue weighted by molar-refractivity contribution is 7.89. The van der Waals surface area contributed by atoms with Crippen molar-refractivity contribution in [1.82, 2.24) is 4.83 Å². The summed E-state index contributed by atoms with van der Waals surface area (Å²) < 4.78 is 35.7. The van der Waals surface area contributed by atoms with Crippen molar-refractivity contribution in [3.8, 4) is 11.5 Å². The Morgan fingerprint density at radius 3 is 2.11 bits per heavy atom. The highest BCUT2D eigenvalue weighted by atomic mass is 32.2. The molecule has 0 spiro atoms. The molecule has 7 heteroatoms. The van der Waals surface area contributed by atoms with Gasteiger partial charge in [0, 0.05) is 0 Å². The Bertz CT molecular complexity index is 843. The molecule has 0 aliphatic heterocycles. The van der Waals surface area contributed by atoms with E-state index in [2.05, 4.69) is 23.8 Å². The van der Waals surface area contributed by atoms with Crippen molar-refractivity contribution in [2.45, 2.75) is 38.7 Å². The van der Waals surface area contributed by atoms with E-state index in [1.165, 1.54) is 18.3 Å². The quantitative estimate of drug-likeness (QED) is 0.522. The molecule has 0 unspecified atom stereocenters. The van der Waals surface area contributed by atoms with Gasteiger partial charge in [0.25, 0.3) is 10.0 Å². The van der Waals surface area contributed by atoms with Crippen LogP contribution in [0.1, 0.15) is 33.3 Å². The van der Waals surface area contributed by atoms with Gasteiger partial charge in [-0.25, -0.2) is 4.83 Å². The molecule has 2 aromatic carbocycles. The number of ether oxygens (including phenoxy) is 2. The maximum atomic E-state index is 12.3. The van der Waals surface area contributed by atoms with Crippen molar-refractivity contribution in [2.24, 2.45) is 11.0 Å². The zero-order valence-corrected chi connectivity index (χ0v) is 16.9. The molecule has 0 saturated carbocycles. The summed E-state index contributed by atoms with van der Waals surface area (Å²) in [6.45, 7) is 8.62. The number of rotatable bonds is 9. The van der Waals surface area contributed by atoms with Crippen molar-refractivity contribution in [2.75, 3.05) is 6.61 Å². The average molecular weight is 391 g/mol. The number of nitrogens with one attached hydrogen (secondary N) is 1. The summed E-state index contributed by atoms with van der Waals surface area (Å²) in [4.78, 5) is 2.33.